The fraction of sp³-hybridized carbons (Fsp3) is 0.429. The number of nitrogens with two attached hydrogens (primary N) is 2. The highest BCUT2D eigenvalue weighted by molar-refractivity contribution is 5.95. The normalized spacial score (nSPS) is 14.1. The number of primary amides is 1. The number of nitrogens with one attached hydrogen (secondary N) is 3. The maximum absolute atomic E-state index is 12.9. The van der Waals surface area contributed by atoms with Crippen LogP contribution in [0.15, 0.2) is 30.3 Å². The average molecular weight is 479 g/mol. The van der Waals surface area contributed by atoms with Crippen molar-refractivity contribution in [3.05, 3.63) is 35.9 Å². The third-order valence-electron chi connectivity index (χ3n) is 4.63. The van der Waals surface area contributed by atoms with E-state index in [4.69, 9.17) is 16.6 Å². The Kier molecular flexibility index (Phi) is 11.2. The van der Waals surface area contributed by atoms with Crippen LogP contribution in [0.3, 0.4) is 0 Å². The zero-order chi connectivity index (χ0) is 25.8. The number of hydrogen-bond acceptors (Lipinski definition) is 7. The second-order valence-corrected chi connectivity index (χ2v) is 7.60. The van der Waals surface area contributed by atoms with Gasteiger partial charge in [0.1, 0.15) is 18.1 Å². The smallest absolute Gasteiger partial charge is 0.326 e. The van der Waals surface area contributed by atoms with E-state index in [1.165, 1.54) is 6.92 Å². The molecular weight excluding hydrogens is 450 g/mol. The minimum absolute atomic E-state index is 0.0168. The molecule has 1 aromatic rings. The van der Waals surface area contributed by atoms with E-state index in [1.807, 2.05) is 0 Å². The Morgan fingerprint density at radius 2 is 1.38 bits per heavy atom. The van der Waals surface area contributed by atoms with Crippen molar-refractivity contribution in [1.82, 2.24) is 16.0 Å². The van der Waals surface area contributed by atoms with Gasteiger partial charge in [-0.1, -0.05) is 30.3 Å². The van der Waals surface area contributed by atoms with E-state index in [9.17, 15) is 33.9 Å². The number of rotatable bonds is 14. The topological polar surface area (TPSA) is 231 Å². The van der Waals surface area contributed by atoms with Gasteiger partial charge in [-0.05, 0) is 18.9 Å². The summed E-state index contributed by atoms with van der Waals surface area (Å²) in [6, 6.07) is 3.26. The van der Waals surface area contributed by atoms with Crippen LogP contribution >= 0.6 is 0 Å². The lowest BCUT2D eigenvalue weighted by atomic mass is 10.0. The number of carbonyl (C=O) groups excluding carboxylic acids is 4. The summed E-state index contributed by atoms with van der Waals surface area (Å²) >= 11 is 0. The van der Waals surface area contributed by atoms with Gasteiger partial charge in [0, 0.05) is 12.8 Å². The van der Waals surface area contributed by atoms with Crippen LogP contribution in [-0.2, 0) is 35.2 Å². The maximum Gasteiger partial charge on any atom is 0.326 e. The van der Waals surface area contributed by atoms with Gasteiger partial charge in [-0.3, -0.25) is 24.0 Å². The SMILES string of the molecule is CC(N)C(=O)NC(Cc1ccccc1)C(=O)NC(CC(=O)O)C(=O)NC(CCC(N)=O)C(=O)O. The molecule has 0 heterocycles. The quantitative estimate of drug-likeness (QED) is 0.154. The third-order valence-corrected chi connectivity index (χ3v) is 4.63. The van der Waals surface area contributed by atoms with Crippen molar-refractivity contribution < 1.29 is 39.0 Å². The molecular formula is C21H29N5O8. The first kappa shape index (κ1) is 28.0. The zero-order valence-electron chi connectivity index (χ0n) is 18.5. The Labute approximate surface area is 195 Å². The third kappa shape index (κ3) is 10.1. The van der Waals surface area contributed by atoms with Crippen molar-refractivity contribution in [3.8, 4) is 0 Å². The second kappa shape index (κ2) is 13.5. The van der Waals surface area contributed by atoms with E-state index < -0.39 is 66.2 Å². The van der Waals surface area contributed by atoms with Crippen molar-refractivity contribution in [2.45, 2.75) is 56.8 Å². The largest absolute Gasteiger partial charge is 0.481 e. The Balaban J connectivity index is 3.05. The van der Waals surface area contributed by atoms with Crippen molar-refractivity contribution in [2.24, 2.45) is 11.5 Å². The predicted octanol–water partition coefficient (Wildman–Crippen LogP) is -2.14. The van der Waals surface area contributed by atoms with Crippen molar-refractivity contribution in [1.29, 1.82) is 0 Å². The lowest BCUT2D eigenvalue weighted by Crippen LogP contribution is -2.57. The Bertz CT molecular complexity index is 906. The summed E-state index contributed by atoms with van der Waals surface area (Å²) in [6.07, 6.45) is -1.51. The number of carboxylic acid groups (broad SMARTS) is 2. The van der Waals surface area contributed by atoms with Gasteiger partial charge in [0.05, 0.1) is 12.5 Å². The first-order valence-corrected chi connectivity index (χ1v) is 10.3. The van der Waals surface area contributed by atoms with E-state index in [-0.39, 0.29) is 19.3 Å². The van der Waals surface area contributed by atoms with Crippen LogP contribution in [0.5, 0.6) is 0 Å². The number of aliphatic carboxylic acids is 2. The fourth-order valence-corrected chi connectivity index (χ4v) is 2.83. The molecule has 1 rings (SSSR count). The van der Waals surface area contributed by atoms with Crippen LogP contribution in [0, 0.1) is 0 Å². The molecule has 13 heteroatoms. The molecule has 4 unspecified atom stereocenters. The predicted molar refractivity (Wildman–Crippen MR) is 118 cm³/mol. The molecule has 186 valence electrons. The molecule has 4 amide bonds. The van der Waals surface area contributed by atoms with Crippen LogP contribution in [-0.4, -0.2) is 69.9 Å². The molecule has 1 aromatic carbocycles. The first-order valence-electron chi connectivity index (χ1n) is 10.3. The second-order valence-electron chi connectivity index (χ2n) is 7.60. The highest BCUT2D eigenvalue weighted by Crippen LogP contribution is 2.06. The van der Waals surface area contributed by atoms with Gasteiger partial charge < -0.3 is 37.6 Å². The van der Waals surface area contributed by atoms with Crippen LogP contribution in [0.1, 0.15) is 31.7 Å². The molecule has 0 aliphatic heterocycles. The van der Waals surface area contributed by atoms with Crippen molar-refractivity contribution >= 4 is 35.6 Å². The molecule has 0 aliphatic carbocycles. The van der Waals surface area contributed by atoms with Crippen LogP contribution in [0.2, 0.25) is 0 Å². The minimum atomic E-state index is -1.66. The molecule has 9 N–H and O–H groups in total. The monoisotopic (exact) mass is 479 g/mol. The number of carbonyl (C=O) groups is 6. The average Bonchev–Trinajstić information content (AvgIpc) is 2.75. The first-order chi connectivity index (χ1) is 15.9. The molecule has 4 atom stereocenters. The van der Waals surface area contributed by atoms with Gasteiger partial charge in [-0.2, -0.15) is 0 Å². The van der Waals surface area contributed by atoms with Gasteiger partial charge in [-0.15, -0.1) is 0 Å². The molecule has 13 nitrogen and oxygen atoms in total. The summed E-state index contributed by atoms with van der Waals surface area (Å²) in [5.41, 5.74) is 11.2. The van der Waals surface area contributed by atoms with Crippen molar-refractivity contribution in [3.63, 3.8) is 0 Å². The van der Waals surface area contributed by atoms with Crippen molar-refractivity contribution in [2.75, 3.05) is 0 Å². The van der Waals surface area contributed by atoms with Gasteiger partial charge in [0.2, 0.25) is 23.6 Å². The zero-order valence-corrected chi connectivity index (χ0v) is 18.5. The van der Waals surface area contributed by atoms with E-state index >= 15 is 0 Å². The standard InChI is InChI=1S/C21H29N5O8/c1-11(22)18(30)25-14(9-12-5-3-2-4-6-12)19(31)26-15(10-17(28)29)20(32)24-13(21(33)34)7-8-16(23)27/h2-6,11,13-15H,7-10,22H2,1H3,(H2,23,27)(H,24,32)(H,25,30)(H,26,31)(H,28,29)(H,33,34). The molecule has 0 saturated carbocycles. The molecule has 0 aromatic heterocycles. The van der Waals surface area contributed by atoms with Crippen LogP contribution in [0.4, 0.5) is 0 Å². The highest BCUT2D eigenvalue weighted by Gasteiger charge is 2.31. The van der Waals surface area contributed by atoms with E-state index in [0.717, 1.165) is 0 Å². The Morgan fingerprint density at radius 3 is 1.88 bits per heavy atom. The molecule has 0 spiro atoms. The Hall–Kier alpha value is -4.00. The highest BCUT2D eigenvalue weighted by atomic mass is 16.4. The van der Waals surface area contributed by atoms with E-state index in [2.05, 4.69) is 16.0 Å². The molecule has 0 aliphatic rings. The summed E-state index contributed by atoms with van der Waals surface area (Å²) in [5, 5.41) is 25.2. The molecule has 0 bridgehead atoms. The number of amides is 4. The van der Waals surface area contributed by atoms with Gasteiger partial charge in [0.15, 0.2) is 0 Å². The number of hydrogen-bond donors (Lipinski definition) is 7. The molecule has 0 saturated heterocycles. The van der Waals surface area contributed by atoms with Crippen LogP contribution < -0.4 is 27.4 Å². The summed E-state index contributed by atoms with van der Waals surface area (Å²) < 4.78 is 0. The van der Waals surface area contributed by atoms with Gasteiger partial charge in [0.25, 0.3) is 0 Å². The Morgan fingerprint density at radius 1 is 0.853 bits per heavy atom. The molecule has 0 radical (unpaired) electrons. The summed E-state index contributed by atoms with van der Waals surface area (Å²) in [5.74, 6) is -6.31. The number of carboxylic acids is 2. The lowest BCUT2D eigenvalue weighted by molar-refractivity contribution is -0.143. The van der Waals surface area contributed by atoms with Gasteiger partial charge >= 0.3 is 11.9 Å². The summed E-state index contributed by atoms with van der Waals surface area (Å²) in [6.45, 7) is 1.41. The van der Waals surface area contributed by atoms with E-state index in [0.29, 0.717) is 5.56 Å². The minimum Gasteiger partial charge on any atom is -0.481 e. The van der Waals surface area contributed by atoms with Gasteiger partial charge in [-0.25, -0.2) is 4.79 Å². The van der Waals surface area contributed by atoms with Crippen LogP contribution in [0.25, 0.3) is 0 Å². The summed E-state index contributed by atoms with van der Waals surface area (Å²) in [4.78, 5) is 71.2. The molecule has 34 heavy (non-hydrogen) atoms. The van der Waals surface area contributed by atoms with E-state index in [1.54, 1.807) is 30.3 Å². The maximum atomic E-state index is 12.9. The molecule has 0 fully saturated rings. The lowest BCUT2D eigenvalue weighted by Gasteiger charge is -2.24. The number of benzene rings is 1. The fourth-order valence-electron chi connectivity index (χ4n) is 2.83. The summed E-state index contributed by atoms with van der Waals surface area (Å²) in [7, 11) is 0.